The van der Waals surface area contributed by atoms with Crippen LogP contribution in [0.5, 0.6) is 0 Å². The van der Waals surface area contributed by atoms with Crippen LogP contribution in [0.15, 0.2) is 35.3 Å². The van der Waals surface area contributed by atoms with Gasteiger partial charge >= 0.3 is 0 Å². The van der Waals surface area contributed by atoms with E-state index in [9.17, 15) is 9.18 Å². The summed E-state index contributed by atoms with van der Waals surface area (Å²) in [4.78, 5) is 11.9. The second-order valence-electron chi connectivity index (χ2n) is 6.30. The standard InChI is InChI=1S/C16H19ClFN3O/c1-16(2,3)14(10-5-7-11(18)8-6-10)20-12-9-19-21(4)15(22)13(12)17/h5-9,14,20H,1-4H3. The SMILES string of the molecule is Cn1ncc(NC(c2ccc(F)cc2)C(C)(C)C)c(Cl)c1=O. The van der Waals surface area contributed by atoms with Crippen molar-refractivity contribution in [2.75, 3.05) is 5.32 Å². The molecule has 4 nitrogen and oxygen atoms in total. The van der Waals surface area contributed by atoms with Gasteiger partial charge in [-0.15, -0.1) is 0 Å². The molecule has 0 spiro atoms. The van der Waals surface area contributed by atoms with Crippen molar-refractivity contribution in [1.82, 2.24) is 9.78 Å². The van der Waals surface area contributed by atoms with E-state index >= 15 is 0 Å². The number of nitrogens with zero attached hydrogens (tertiary/aromatic N) is 2. The molecule has 1 aromatic heterocycles. The first-order valence-corrected chi connectivity index (χ1v) is 7.32. The third-order valence-electron chi connectivity index (χ3n) is 3.45. The fraction of sp³-hybridized carbons (Fsp3) is 0.375. The molecule has 1 unspecified atom stereocenters. The van der Waals surface area contributed by atoms with Gasteiger partial charge in [0.25, 0.3) is 5.56 Å². The van der Waals surface area contributed by atoms with Crippen LogP contribution in [0, 0.1) is 11.2 Å². The average molecular weight is 324 g/mol. The molecular weight excluding hydrogens is 305 g/mol. The van der Waals surface area contributed by atoms with Crippen molar-refractivity contribution < 1.29 is 4.39 Å². The van der Waals surface area contributed by atoms with Gasteiger partial charge in [-0.3, -0.25) is 4.79 Å². The second kappa shape index (κ2) is 6.08. The highest BCUT2D eigenvalue weighted by Crippen LogP contribution is 2.36. The maximum atomic E-state index is 13.1. The van der Waals surface area contributed by atoms with Crippen LogP contribution in [0.25, 0.3) is 0 Å². The number of halogens is 2. The van der Waals surface area contributed by atoms with Crippen molar-refractivity contribution in [2.45, 2.75) is 26.8 Å². The number of aryl methyl sites for hydroxylation is 1. The van der Waals surface area contributed by atoms with Crippen LogP contribution >= 0.6 is 11.6 Å². The molecule has 0 saturated carbocycles. The molecule has 22 heavy (non-hydrogen) atoms. The van der Waals surface area contributed by atoms with E-state index in [4.69, 9.17) is 11.6 Å². The lowest BCUT2D eigenvalue weighted by molar-refractivity contribution is 0.347. The Morgan fingerprint density at radius 1 is 1.27 bits per heavy atom. The molecule has 118 valence electrons. The fourth-order valence-corrected chi connectivity index (χ4v) is 2.45. The summed E-state index contributed by atoms with van der Waals surface area (Å²) in [6.07, 6.45) is 1.52. The highest BCUT2D eigenvalue weighted by molar-refractivity contribution is 6.32. The number of benzene rings is 1. The average Bonchev–Trinajstić information content (AvgIpc) is 2.44. The zero-order valence-electron chi connectivity index (χ0n) is 13.0. The smallest absolute Gasteiger partial charge is 0.287 e. The maximum absolute atomic E-state index is 13.1. The van der Waals surface area contributed by atoms with Crippen LogP contribution in [0.3, 0.4) is 0 Å². The third-order valence-corrected chi connectivity index (χ3v) is 3.81. The Hall–Kier alpha value is -1.88. The molecule has 0 saturated heterocycles. The quantitative estimate of drug-likeness (QED) is 0.935. The molecule has 0 bridgehead atoms. The maximum Gasteiger partial charge on any atom is 0.287 e. The first kappa shape index (κ1) is 16.5. The molecule has 1 aromatic carbocycles. The molecule has 0 fully saturated rings. The molecule has 6 heteroatoms. The van der Waals surface area contributed by atoms with Gasteiger partial charge < -0.3 is 5.32 Å². The Bertz CT molecular complexity index is 720. The predicted molar refractivity (Wildman–Crippen MR) is 86.7 cm³/mol. The summed E-state index contributed by atoms with van der Waals surface area (Å²) in [6, 6.07) is 6.13. The molecule has 0 aliphatic heterocycles. The lowest BCUT2D eigenvalue weighted by Gasteiger charge is -2.33. The number of hydrogen-bond acceptors (Lipinski definition) is 3. The molecule has 1 atom stereocenters. The van der Waals surface area contributed by atoms with Gasteiger partial charge in [-0.2, -0.15) is 5.10 Å². The predicted octanol–water partition coefficient (Wildman–Crippen LogP) is 3.77. The number of hydrogen-bond donors (Lipinski definition) is 1. The van der Waals surface area contributed by atoms with Crippen LogP contribution < -0.4 is 10.9 Å². The Morgan fingerprint density at radius 3 is 2.41 bits per heavy atom. The van der Waals surface area contributed by atoms with Crippen molar-refractivity contribution in [3.63, 3.8) is 0 Å². The van der Waals surface area contributed by atoms with E-state index in [0.717, 1.165) is 5.56 Å². The third kappa shape index (κ3) is 3.47. The summed E-state index contributed by atoms with van der Waals surface area (Å²) < 4.78 is 14.3. The monoisotopic (exact) mass is 323 g/mol. The number of rotatable bonds is 3. The summed E-state index contributed by atoms with van der Waals surface area (Å²) in [5.74, 6) is -0.287. The van der Waals surface area contributed by atoms with Crippen LogP contribution in [0.2, 0.25) is 5.02 Å². The van der Waals surface area contributed by atoms with Crippen molar-refractivity contribution >= 4 is 17.3 Å². The molecule has 0 aliphatic rings. The van der Waals surface area contributed by atoms with Crippen molar-refractivity contribution in [3.05, 3.63) is 57.2 Å². The number of aromatic nitrogens is 2. The van der Waals surface area contributed by atoms with Gasteiger partial charge in [-0.05, 0) is 23.1 Å². The Labute approximate surface area is 133 Å². The minimum absolute atomic E-state index is 0.0915. The summed E-state index contributed by atoms with van der Waals surface area (Å²) in [6.45, 7) is 6.16. The molecular formula is C16H19ClFN3O. The van der Waals surface area contributed by atoms with Crippen LogP contribution in [0.4, 0.5) is 10.1 Å². The van der Waals surface area contributed by atoms with Gasteiger partial charge in [0.2, 0.25) is 0 Å². The van der Waals surface area contributed by atoms with E-state index in [2.05, 4.69) is 31.2 Å². The first-order chi connectivity index (χ1) is 10.2. The van der Waals surface area contributed by atoms with Crippen LogP contribution in [-0.2, 0) is 7.05 Å². The van der Waals surface area contributed by atoms with Gasteiger partial charge in [0.05, 0.1) is 17.9 Å². The second-order valence-corrected chi connectivity index (χ2v) is 6.67. The Kier molecular flexibility index (Phi) is 4.56. The van der Waals surface area contributed by atoms with Gasteiger partial charge in [-0.25, -0.2) is 9.07 Å². The zero-order chi connectivity index (χ0) is 16.5. The van der Waals surface area contributed by atoms with E-state index in [1.165, 1.54) is 23.0 Å². The molecule has 1 N–H and O–H groups in total. The minimum atomic E-state index is -0.363. The van der Waals surface area contributed by atoms with E-state index in [-0.39, 0.29) is 27.9 Å². The minimum Gasteiger partial charge on any atom is -0.375 e. The molecule has 2 rings (SSSR count). The first-order valence-electron chi connectivity index (χ1n) is 6.94. The molecule has 0 radical (unpaired) electrons. The van der Waals surface area contributed by atoms with Gasteiger partial charge in [-0.1, -0.05) is 44.5 Å². The van der Waals surface area contributed by atoms with Crippen molar-refractivity contribution in [2.24, 2.45) is 12.5 Å². The van der Waals surface area contributed by atoms with E-state index < -0.39 is 0 Å². The van der Waals surface area contributed by atoms with Gasteiger partial charge in [0.1, 0.15) is 10.8 Å². The normalized spacial score (nSPS) is 13.0. The fourth-order valence-electron chi connectivity index (χ4n) is 2.22. The summed E-state index contributed by atoms with van der Waals surface area (Å²) >= 11 is 6.11. The van der Waals surface area contributed by atoms with E-state index in [1.807, 2.05) is 0 Å². The molecule has 0 aliphatic carbocycles. The lowest BCUT2D eigenvalue weighted by Crippen LogP contribution is -2.28. The summed E-state index contributed by atoms with van der Waals surface area (Å²) in [5, 5.41) is 7.33. The topological polar surface area (TPSA) is 46.9 Å². The van der Waals surface area contributed by atoms with Crippen molar-refractivity contribution in [3.8, 4) is 0 Å². The van der Waals surface area contributed by atoms with Crippen LogP contribution in [-0.4, -0.2) is 9.78 Å². The number of anilines is 1. The van der Waals surface area contributed by atoms with Crippen LogP contribution in [0.1, 0.15) is 32.4 Å². The largest absolute Gasteiger partial charge is 0.375 e. The zero-order valence-corrected chi connectivity index (χ0v) is 13.8. The molecule has 1 heterocycles. The Balaban J connectivity index is 2.43. The highest BCUT2D eigenvalue weighted by atomic mass is 35.5. The molecule has 2 aromatic rings. The lowest BCUT2D eigenvalue weighted by atomic mass is 9.82. The van der Waals surface area contributed by atoms with Gasteiger partial charge in [0, 0.05) is 7.05 Å². The van der Waals surface area contributed by atoms with E-state index in [0.29, 0.717) is 5.69 Å². The number of nitrogens with one attached hydrogen (secondary N) is 1. The highest BCUT2D eigenvalue weighted by Gasteiger charge is 2.27. The summed E-state index contributed by atoms with van der Waals surface area (Å²) in [5.41, 5.74) is 0.834. The molecule has 0 amide bonds. The van der Waals surface area contributed by atoms with Gasteiger partial charge in [0.15, 0.2) is 0 Å². The Morgan fingerprint density at radius 2 is 1.86 bits per heavy atom. The van der Waals surface area contributed by atoms with Crippen molar-refractivity contribution in [1.29, 1.82) is 0 Å². The van der Waals surface area contributed by atoms with E-state index in [1.54, 1.807) is 19.2 Å². The summed E-state index contributed by atoms with van der Waals surface area (Å²) in [7, 11) is 1.54.